The smallest absolute Gasteiger partial charge is 0.338 e. The summed E-state index contributed by atoms with van der Waals surface area (Å²) in [5.74, 6) is -1.90. The van der Waals surface area contributed by atoms with Gasteiger partial charge in [0, 0.05) is 11.1 Å². The molecule has 1 amide bonds. The lowest BCUT2D eigenvalue weighted by atomic mass is 10.2. The van der Waals surface area contributed by atoms with Crippen molar-refractivity contribution in [3.8, 4) is 0 Å². The van der Waals surface area contributed by atoms with Crippen molar-refractivity contribution < 1.29 is 23.1 Å². The largest absolute Gasteiger partial charge is 0.478 e. The summed E-state index contributed by atoms with van der Waals surface area (Å²) in [5, 5.41) is 11.7. The summed E-state index contributed by atoms with van der Waals surface area (Å²) in [7, 11) is -3.61. The predicted molar refractivity (Wildman–Crippen MR) is 78.2 cm³/mol. The molecule has 0 saturated heterocycles. The molecule has 0 aliphatic heterocycles. The Kier molecular flexibility index (Phi) is 4.60. The van der Waals surface area contributed by atoms with Gasteiger partial charge in [0.15, 0.2) is 9.84 Å². The Bertz CT molecular complexity index is 643. The number of carbonyl (C=O) groups is 2. The Morgan fingerprint density at radius 3 is 2.35 bits per heavy atom. The number of sulfone groups is 1. The fourth-order valence-corrected chi connectivity index (χ4v) is 2.66. The maximum absolute atomic E-state index is 12.1. The highest BCUT2D eigenvalue weighted by Gasteiger charge is 2.39. The minimum absolute atomic E-state index is 0.0236. The maximum Gasteiger partial charge on any atom is 0.338 e. The van der Waals surface area contributed by atoms with Gasteiger partial charge < -0.3 is 10.4 Å². The summed E-state index contributed by atoms with van der Waals surface area (Å²) in [5.41, 5.74) is -0.0236. The van der Waals surface area contributed by atoms with Crippen LogP contribution < -0.4 is 5.32 Å². The van der Waals surface area contributed by atoms with Gasteiger partial charge in [0.25, 0.3) is 0 Å². The van der Waals surface area contributed by atoms with Crippen LogP contribution in [-0.2, 0) is 21.1 Å². The quantitative estimate of drug-likeness (QED) is 0.861. The standard InChI is InChI=1S/C12H17NO5S2/c1-5-7-6-8(10(14)15)9(19-7)13-11(16)12(2,3)20(4,17)18/h6H,5H2,1-4H3,(H,13,16)(H,14,15). The van der Waals surface area contributed by atoms with Crippen LogP contribution in [0.1, 0.15) is 36.0 Å². The van der Waals surface area contributed by atoms with Gasteiger partial charge in [-0.1, -0.05) is 6.92 Å². The lowest BCUT2D eigenvalue weighted by molar-refractivity contribution is -0.117. The molecule has 1 aromatic rings. The first-order valence-electron chi connectivity index (χ1n) is 5.87. The van der Waals surface area contributed by atoms with E-state index in [9.17, 15) is 18.0 Å². The van der Waals surface area contributed by atoms with E-state index < -0.39 is 26.5 Å². The van der Waals surface area contributed by atoms with E-state index in [-0.39, 0.29) is 10.6 Å². The molecular weight excluding hydrogens is 302 g/mol. The highest BCUT2D eigenvalue weighted by atomic mass is 32.2. The number of carboxylic acid groups (broad SMARTS) is 1. The van der Waals surface area contributed by atoms with Crippen LogP contribution in [0.2, 0.25) is 0 Å². The first-order chi connectivity index (χ1) is 9.00. The van der Waals surface area contributed by atoms with Gasteiger partial charge in [-0.05, 0) is 26.3 Å². The molecule has 0 unspecified atom stereocenters. The second kappa shape index (κ2) is 5.53. The summed E-state index contributed by atoms with van der Waals surface area (Å²) in [4.78, 5) is 24.0. The van der Waals surface area contributed by atoms with E-state index in [2.05, 4.69) is 5.32 Å². The molecule has 0 fully saturated rings. The fraction of sp³-hybridized carbons (Fsp3) is 0.500. The van der Waals surface area contributed by atoms with Gasteiger partial charge in [-0.15, -0.1) is 11.3 Å². The highest BCUT2D eigenvalue weighted by molar-refractivity contribution is 7.92. The van der Waals surface area contributed by atoms with Crippen molar-refractivity contribution in [2.45, 2.75) is 31.9 Å². The summed E-state index contributed by atoms with van der Waals surface area (Å²) in [6.45, 7) is 4.43. The molecule has 112 valence electrons. The second-order valence-corrected chi connectivity index (χ2v) is 8.55. The summed E-state index contributed by atoms with van der Waals surface area (Å²) >= 11 is 1.14. The zero-order valence-corrected chi connectivity index (χ0v) is 13.3. The topological polar surface area (TPSA) is 101 Å². The van der Waals surface area contributed by atoms with Crippen LogP contribution in [0.25, 0.3) is 0 Å². The minimum Gasteiger partial charge on any atom is -0.478 e. The van der Waals surface area contributed by atoms with Gasteiger partial charge in [-0.2, -0.15) is 0 Å². The van der Waals surface area contributed by atoms with Crippen molar-refractivity contribution in [1.29, 1.82) is 0 Å². The number of rotatable bonds is 5. The van der Waals surface area contributed by atoms with E-state index in [0.717, 1.165) is 22.5 Å². The fourth-order valence-electron chi connectivity index (χ4n) is 1.29. The van der Waals surface area contributed by atoms with Gasteiger partial charge in [0.2, 0.25) is 5.91 Å². The van der Waals surface area contributed by atoms with Crippen LogP contribution in [0.4, 0.5) is 5.00 Å². The number of carbonyl (C=O) groups excluding carboxylic acids is 1. The number of hydrogen-bond acceptors (Lipinski definition) is 5. The number of nitrogens with one attached hydrogen (secondary N) is 1. The normalized spacial score (nSPS) is 12.2. The Balaban J connectivity index is 3.14. The lowest BCUT2D eigenvalue weighted by Gasteiger charge is -2.21. The molecule has 0 bridgehead atoms. The molecule has 6 nitrogen and oxygen atoms in total. The number of aryl methyl sites for hydroxylation is 1. The van der Waals surface area contributed by atoms with Crippen LogP contribution >= 0.6 is 11.3 Å². The first kappa shape index (κ1) is 16.6. The number of thiophene rings is 1. The zero-order valence-electron chi connectivity index (χ0n) is 11.7. The third-order valence-corrected chi connectivity index (χ3v) is 6.30. The third kappa shape index (κ3) is 3.18. The van der Waals surface area contributed by atoms with Crippen LogP contribution in [0, 0.1) is 0 Å². The summed E-state index contributed by atoms with van der Waals surface area (Å²) < 4.78 is 21.6. The van der Waals surface area contributed by atoms with Crippen molar-refractivity contribution in [3.05, 3.63) is 16.5 Å². The number of carboxylic acids is 1. The molecule has 0 aliphatic rings. The molecule has 0 radical (unpaired) electrons. The Morgan fingerprint density at radius 2 is 1.95 bits per heavy atom. The average Bonchev–Trinajstić information content (AvgIpc) is 2.70. The molecule has 0 aliphatic carbocycles. The number of amides is 1. The number of aromatic carboxylic acids is 1. The van der Waals surface area contributed by atoms with E-state index in [4.69, 9.17) is 5.11 Å². The van der Waals surface area contributed by atoms with Crippen molar-refractivity contribution >= 4 is 38.1 Å². The van der Waals surface area contributed by atoms with Crippen molar-refractivity contribution in [3.63, 3.8) is 0 Å². The van der Waals surface area contributed by atoms with Crippen LogP contribution in [0.5, 0.6) is 0 Å². The summed E-state index contributed by atoms with van der Waals surface area (Å²) in [6, 6.07) is 1.48. The molecule has 20 heavy (non-hydrogen) atoms. The van der Waals surface area contributed by atoms with Gasteiger partial charge in [-0.3, -0.25) is 4.79 Å². The molecule has 1 rings (SSSR count). The van der Waals surface area contributed by atoms with Crippen molar-refractivity contribution in [2.75, 3.05) is 11.6 Å². The molecule has 0 aromatic carbocycles. The van der Waals surface area contributed by atoms with Gasteiger partial charge in [0.1, 0.15) is 9.75 Å². The van der Waals surface area contributed by atoms with E-state index in [1.807, 2.05) is 6.92 Å². The zero-order chi connectivity index (χ0) is 15.7. The van der Waals surface area contributed by atoms with E-state index >= 15 is 0 Å². The summed E-state index contributed by atoms with van der Waals surface area (Å²) in [6.07, 6.45) is 1.60. The molecular formula is C12H17NO5S2. The van der Waals surface area contributed by atoms with Crippen LogP contribution in [0.15, 0.2) is 6.07 Å². The van der Waals surface area contributed by atoms with Crippen molar-refractivity contribution in [1.82, 2.24) is 0 Å². The monoisotopic (exact) mass is 319 g/mol. The molecule has 0 spiro atoms. The molecule has 1 aromatic heterocycles. The van der Waals surface area contributed by atoms with E-state index in [1.165, 1.54) is 19.9 Å². The molecule has 8 heteroatoms. The van der Waals surface area contributed by atoms with E-state index in [0.29, 0.717) is 6.42 Å². The lowest BCUT2D eigenvalue weighted by Crippen LogP contribution is -2.43. The average molecular weight is 319 g/mol. The predicted octanol–water partition coefficient (Wildman–Crippen LogP) is 1.77. The SMILES string of the molecule is CCc1cc(C(=O)O)c(NC(=O)C(C)(C)S(C)(=O)=O)s1. The highest BCUT2D eigenvalue weighted by Crippen LogP contribution is 2.30. The maximum atomic E-state index is 12.1. The Labute approximate surface area is 121 Å². The second-order valence-electron chi connectivity index (χ2n) is 4.85. The Morgan fingerprint density at radius 1 is 1.40 bits per heavy atom. The molecule has 0 saturated carbocycles. The number of anilines is 1. The van der Waals surface area contributed by atoms with Gasteiger partial charge >= 0.3 is 5.97 Å². The molecule has 0 atom stereocenters. The minimum atomic E-state index is -3.61. The first-order valence-corrected chi connectivity index (χ1v) is 8.58. The Hall–Kier alpha value is -1.41. The third-order valence-electron chi connectivity index (χ3n) is 3.06. The van der Waals surface area contributed by atoms with Gasteiger partial charge in [0.05, 0.1) is 5.56 Å². The van der Waals surface area contributed by atoms with Crippen LogP contribution in [-0.4, -0.2) is 36.4 Å². The van der Waals surface area contributed by atoms with E-state index in [1.54, 1.807) is 0 Å². The molecule has 2 N–H and O–H groups in total. The molecule has 1 heterocycles. The number of hydrogen-bond donors (Lipinski definition) is 2. The van der Waals surface area contributed by atoms with Gasteiger partial charge in [-0.25, -0.2) is 13.2 Å². The van der Waals surface area contributed by atoms with Crippen LogP contribution in [0.3, 0.4) is 0 Å². The van der Waals surface area contributed by atoms with Crippen molar-refractivity contribution in [2.24, 2.45) is 0 Å².